The molecule has 2 aromatic rings. The summed E-state index contributed by atoms with van der Waals surface area (Å²) >= 11 is 1.71. The van der Waals surface area contributed by atoms with E-state index >= 15 is 0 Å². The number of thiophene rings is 1. The van der Waals surface area contributed by atoms with Gasteiger partial charge in [-0.05, 0) is 35.7 Å². The largest absolute Gasteiger partial charge is 0.497 e. The van der Waals surface area contributed by atoms with Crippen molar-refractivity contribution in [3.8, 4) is 5.75 Å². The molecule has 1 N–H and O–H groups in total. The zero-order valence-corrected chi connectivity index (χ0v) is 18.1. The van der Waals surface area contributed by atoms with Gasteiger partial charge in [0.2, 0.25) is 5.91 Å². The smallest absolute Gasteiger partial charge is 0.243 e. The fourth-order valence-electron chi connectivity index (χ4n) is 3.10. The topological polar surface area (TPSA) is 60.4 Å². The van der Waals surface area contributed by atoms with E-state index < -0.39 is 0 Å². The number of likely N-dealkylation sites (N-methyl/N-ethyl adjacent to an activating group) is 1. The highest BCUT2D eigenvalue weighted by Crippen LogP contribution is 2.20. The third-order valence-electron chi connectivity index (χ3n) is 4.88. The Morgan fingerprint density at radius 3 is 2.48 bits per heavy atom. The Morgan fingerprint density at radius 2 is 1.90 bits per heavy atom. The molecular weight excluding hydrogens is 386 g/mol. The normalized spacial score (nSPS) is 14.7. The summed E-state index contributed by atoms with van der Waals surface area (Å²) in [7, 11) is 5.19. The van der Waals surface area contributed by atoms with Gasteiger partial charge in [0.1, 0.15) is 12.3 Å². The van der Waals surface area contributed by atoms with Gasteiger partial charge in [-0.3, -0.25) is 4.79 Å². The van der Waals surface area contributed by atoms with Crippen LogP contribution in [0.2, 0.25) is 0 Å². The van der Waals surface area contributed by atoms with Crippen molar-refractivity contribution in [3.05, 3.63) is 46.7 Å². The molecule has 2 heterocycles. The molecule has 0 spiro atoms. The second kappa shape index (κ2) is 10.2. The highest BCUT2D eigenvalue weighted by molar-refractivity contribution is 7.09. The van der Waals surface area contributed by atoms with Crippen LogP contribution in [0.25, 0.3) is 0 Å². The summed E-state index contributed by atoms with van der Waals surface area (Å²) in [4.78, 5) is 24.0. The summed E-state index contributed by atoms with van der Waals surface area (Å²) in [6.45, 7) is 4.35. The highest BCUT2D eigenvalue weighted by atomic mass is 32.1. The molecule has 1 fully saturated rings. The van der Waals surface area contributed by atoms with E-state index in [4.69, 9.17) is 4.74 Å². The molecule has 7 nitrogen and oxygen atoms in total. The molecule has 0 radical (unpaired) electrons. The molecule has 8 heteroatoms. The maximum absolute atomic E-state index is 12.0. The van der Waals surface area contributed by atoms with Crippen LogP contribution in [0.4, 0.5) is 5.69 Å². The molecule has 0 saturated carbocycles. The minimum atomic E-state index is -0.00251. The van der Waals surface area contributed by atoms with Crippen LogP contribution in [0.15, 0.2) is 46.8 Å². The van der Waals surface area contributed by atoms with E-state index in [0.717, 1.165) is 37.9 Å². The van der Waals surface area contributed by atoms with Gasteiger partial charge in [-0.15, -0.1) is 11.3 Å². The predicted molar refractivity (Wildman–Crippen MR) is 119 cm³/mol. The SMILES string of the molecule is COc1ccc(N2CCN(C(=NCC(=O)N(C)C)NCc3cccs3)CC2)cc1. The first-order valence-electron chi connectivity index (χ1n) is 9.71. The van der Waals surface area contributed by atoms with Gasteiger partial charge in [0, 0.05) is 50.8 Å². The van der Waals surface area contributed by atoms with E-state index in [9.17, 15) is 4.79 Å². The summed E-state index contributed by atoms with van der Waals surface area (Å²) in [5.74, 6) is 1.66. The maximum atomic E-state index is 12.0. The van der Waals surface area contributed by atoms with Gasteiger partial charge in [-0.1, -0.05) is 6.07 Å². The van der Waals surface area contributed by atoms with Crippen molar-refractivity contribution >= 4 is 28.9 Å². The molecule has 29 heavy (non-hydrogen) atoms. The number of ether oxygens (including phenoxy) is 1. The zero-order chi connectivity index (χ0) is 20.6. The van der Waals surface area contributed by atoms with Crippen LogP contribution < -0.4 is 15.0 Å². The van der Waals surface area contributed by atoms with Crippen LogP contribution in [-0.4, -0.2) is 75.6 Å². The number of amides is 1. The van der Waals surface area contributed by atoms with E-state index in [1.165, 1.54) is 10.6 Å². The number of hydrogen-bond donors (Lipinski definition) is 1. The lowest BCUT2D eigenvalue weighted by molar-refractivity contribution is -0.127. The molecule has 1 aromatic carbocycles. The number of benzene rings is 1. The fraction of sp³-hybridized carbons (Fsp3) is 0.429. The van der Waals surface area contributed by atoms with Crippen molar-refractivity contribution in [3.63, 3.8) is 0 Å². The Balaban J connectivity index is 1.62. The number of methoxy groups -OCH3 is 1. The Bertz CT molecular complexity index is 797. The molecule has 1 aliphatic rings. The summed E-state index contributed by atoms with van der Waals surface area (Å²) in [6.07, 6.45) is 0. The van der Waals surface area contributed by atoms with Crippen LogP contribution in [0.5, 0.6) is 5.75 Å². The van der Waals surface area contributed by atoms with Crippen molar-refractivity contribution in [2.75, 3.05) is 58.8 Å². The third kappa shape index (κ3) is 5.87. The number of rotatable bonds is 6. The average molecular weight is 416 g/mol. The maximum Gasteiger partial charge on any atom is 0.243 e. The van der Waals surface area contributed by atoms with Crippen LogP contribution in [-0.2, 0) is 11.3 Å². The van der Waals surface area contributed by atoms with E-state index in [-0.39, 0.29) is 12.5 Å². The van der Waals surface area contributed by atoms with Crippen LogP contribution >= 0.6 is 11.3 Å². The number of carbonyl (C=O) groups is 1. The minimum Gasteiger partial charge on any atom is -0.497 e. The lowest BCUT2D eigenvalue weighted by atomic mass is 10.2. The average Bonchev–Trinajstić information content (AvgIpc) is 3.27. The fourth-order valence-corrected chi connectivity index (χ4v) is 3.75. The molecule has 0 unspecified atom stereocenters. The van der Waals surface area contributed by atoms with Crippen molar-refractivity contribution < 1.29 is 9.53 Å². The van der Waals surface area contributed by atoms with Gasteiger partial charge in [-0.25, -0.2) is 4.99 Å². The monoisotopic (exact) mass is 415 g/mol. The van der Waals surface area contributed by atoms with Gasteiger partial charge in [0.15, 0.2) is 5.96 Å². The molecule has 1 saturated heterocycles. The van der Waals surface area contributed by atoms with Crippen LogP contribution in [0, 0.1) is 0 Å². The molecule has 1 amide bonds. The number of guanidine groups is 1. The van der Waals surface area contributed by atoms with Gasteiger partial charge in [0.25, 0.3) is 0 Å². The van der Waals surface area contributed by atoms with E-state index in [0.29, 0.717) is 6.54 Å². The molecule has 0 atom stereocenters. The van der Waals surface area contributed by atoms with E-state index in [1.807, 2.05) is 18.2 Å². The van der Waals surface area contributed by atoms with E-state index in [2.05, 4.69) is 43.7 Å². The first kappa shape index (κ1) is 21.0. The highest BCUT2D eigenvalue weighted by Gasteiger charge is 2.20. The number of aliphatic imine (C=N–C) groups is 1. The summed E-state index contributed by atoms with van der Waals surface area (Å²) in [6, 6.07) is 12.3. The molecule has 3 rings (SSSR count). The van der Waals surface area contributed by atoms with Crippen molar-refractivity contribution in [1.29, 1.82) is 0 Å². The van der Waals surface area contributed by atoms with Crippen LogP contribution in [0.1, 0.15) is 4.88 Å². The zero-order valence-electron chi connectivity index (χ0n) is 17.3. The third-order valence-corrected chi connectivity index (χ3v) is 5.76. The number of piperazine rings is 1. The second-order valence-corrected chi connectivity index (χ2v) is 8.07. The lowest BCUT2D eigenvalue weighted by Gasteiger charge is -2.37. The van der Waals surface area contributed by atoms with E-state index in [1.54, 1.807) is 37.4 Å². The number of anilines is 1. The minimum absolute atomic E-state index is 0.00251. The van der Waals surface area contributed by atoms with Crippen molar-refractivity contribution in [1.82, 2.24) is 15.1 Å². The molecular formula is C21H29N5O2S. The predicted octanol–water partition coefficient (Wildman–Crippen LogP) is 2.11. The summed E-state index contributed by atoms with van der Waals surface area (Å²) in [5, 5.41) is 5.50. The van der Waals surface area contributed by atoms with Gasteiger partial charge in [0.05, 0.1) is 13.7 Å². The Labute approximate surface area is 176 Å². The van der Waals surface area contributed by atoms with Crippen molar-refractivity contribution in [2.45, 2.75) is 6.54 Å². The number of hydrogen-bond acceptors (Lipinski definition) is 5. The quantitative estimate of drug-likeness (QED) is 0.578. The molecule has 0 aliphatic carbocycles. The molecule has 1 aromatic heterocycles. The Hall–Kier alpha value is -2.74. The molecule has 156 valence electrons. The number of nitrogens with zero attached hydrogens (tertiary/aromatic N) is 4. The number of nitrogens with one attached hydrogen (secondary N) is 1. The first-order chi connectivity index (χ1) is 14.1. The lowest BCUT2D eigenvalue weighted by Crippen LogP contribution is -2.52. The standard InChI is InChI=1S/C21H29N5O2S/c1-24(2)20(27)16-23-21(22-15-19-5-4-14-29-19)26-12-10-25(11-13-26)17-6-8-18(28-3)9-7-17/h4-9,14H,10-13,15-16H2,1-3H3,(H,22,23). The van der Waals surface area contributed by atoms with Crippen molar-refractivity contribution in [2.24, 2.45) is 4.99 Å². The molecule has 0 bridgehead atoms. The number of carbonyl (C=O) groups excluding carboxylic acids is 1. The van der Waals surface area contributed by atoms with Gasteiger partial charge >= 0.3 is 0 Å². The Morgan fingerprint density at radius 1 is 1.17 bits per heavy atom. The van der Waals surface area contributed by atoms with Crippen LogP contribution in [0.3, 0.4) is 0 Å². The molecule has 1 aliphatic heterocycles. The van der Waals surface area contributed by atoms with Gasteiger partial charge in [-0.2, -0.15) is 0 Å². The second-order valence-electron chi connectivity index (χ2n) is 7.03. The first-order valence-corrected chi connectivity index (χ1v) is 10.6. The summed E-state index contributed by atoms with van der Waals surface area (Å²) < 4.78 is 5.24. The summed E-state index contributed by atoms with van der Waals surface area (Å²) in [5.41, 5.74) is 1.19. The van der Waals surface area contributed by atoms with Gasteiger partial charge < -0.3 is 24.8 Å². The Kier molecular flexibility index (Phi) is 7.35.